The molecule has 0 bridgehead atoms. The van der Waals surface area contributed by atoms with Crippen molar-refractivity contribution in [3.8, 4) is 5.75 Å². The molecule has 0 aliphatic rings. The van der Waals surface area contributed by atoms with Crippen molar-refractivity contribution < 1.29 is 9.53 Å². The van der Waals surface area contributed by atoms with E-state index in [-0.39, 0.29) is 5.91 Å². The van der Waals surface area contributed by atoms with Gasteiger partial charge in [0.15, 0.2) is 0 Å². The standard InChI is InChI=1S/C9H11ClN2O2/c1-11-9(13)4-5-14-7-2-3-8(10)12-6-7/h2-3,6H,4-5H2,1H3,(H,11,13). The predicted molar refractivity (Wildman–Crippen MR) is 53.4 cm³/mol. The monoisotopic (exact) mass is 214 g/mol. The van der Waals surface area contributed by atoms with Gasteiger partial charge in [-0.15, -0.1) is 0 Å². The lowest BCUT2D eigenvalue weighted by molar-refractivity contribution is -0.121. The lowest BCUT2D eigenvalue weighted by Gasteiger charge is -2.04. The van der Waals surface area contributed by atoms with E-state index in [1.807, 2.05) is 0 Å². The maximum atomic E-state index is 10.8. The summed E-state index contributed by atoms with van der Waals surface area (Å²) in [6.07, 6.45) is 1.85. The molecule has 1 heterocycles. The average Bonchev–Trinajstić information content (AvgIpc) is 2.21. The number of hydrogen-bond donors (Lipinski definition) is 1. The number of pyridine rings is 1. The van der Waals surface area contributed by atoms with Gasteiger partial charge in [-0.05, 0) is 12.1 Å². The van der Waals surface area contributed by atoms with Gasteiger partial charge in [0.05, 0.1) is 19.2 Å². The summed E-state index contributed by atoms with van der Waals surface area (Å²) in [6.45, 7) is 0.336. The van der Waals surface area contributed by atoms with Crippen LogP contribution in [-0.2, 0) is 4.79 Å². The van der Waals surface area contributed by atoms with Crippen molar-refractivity contribution in [1.82, 2.24) is 10.3 Å². The molecule has 0 unspecified atom stereocenters. The fraction of sp³-hybridized carbons (Fsp3) is 0.333. The molecule has 14 heavy (non-hydrogen) atoms. The van der Waals surface area contributed by atoms with Crippen LogP contribution in [0, 0.1) is 0 Å². The molecule has 1 rings (SSSR count). The van der Waals surface area contributed by atoms with Crippen LogP contribution in [-0.4, -0.2) is 24.5 Å². The second-order valence-electron chi connectivity index (χ2n) is 2.59. The molecule has 4 nitrogen and oxygen atoms in total. The SMILES string of the molecule is CNC(=O)CCOc1ccc(Cl)nc1. The number of hydrogen-bond acceptors (Lipinski definition) is 3. The summed E-state index contributed by atoms with van der Waals surface area (Å²) in [5, 5.41) is 2.92. The van der Waals surface area contributed by atoms with Crippen LogP contribution < -0.4 is 10.1 Å². The normalized spacial score (nSPS) is 9.57. The highest BCUT2D eigenvalue weighted by molar-refractivity contribution is 6.29. The molecule has 0 radical (unpaired) electrons. The number of amides is 1. The zero-order chi connectivity index (χ0) is 10.4. The Bertz CT molecular complexity index is 300. The number of carbonyl (C=O) groups is 1. The molecule has 76 valence electrons. The van der Waals surface area contributed by atoms with Gasteiger partial charge in [-0.2, -0.15) is 0 Å². The zero-order valence-electron chi connectivity index (χ0n) is 7.79. The molecule has 0 fully saturated rings. The minimum atomic E-state index is -0.0491. The van der Waals surface area contributed by atoms with E-state index in [1.54, 1.807) is 19.2 Å². The highest BCUT2D eigenvalue weighted by atomic mass is 35.5. The number of rotatable bonds is 4. The van der Waals surface area contributed by atoms with E-state index >= 15 is 0 Å². The van der Waals surface area contributed by atoms with E-state index in [9.17, 15) is 4.79 Å². The molecule has 0 spiro atoms. The van der Waals surface area contributed by atoms with Crippen LogP contribution in [0.4, 0.5) is 0 Å². The zero-order valence-corrected chi connectivity index (χ0v) is 8.54. The summed E-state index contributed by atoms with van der Waals surface area (Å²) in [5.74, 6) is 0.560. The quantitative estimate of drug-likeness (QED) is 0.768. The highest BCUT2D eigenvalue weighted by Crippen LogP contribution is 2.11. The van der Waals surface area contributed by atoms with Gasteiger partial charge in [0.1, 0.15) is 10.9 Å². The first-order valence-corrected chi connectivity index (χ1v) is 4.55. The Hall–Kier alpha value is -1.29. The van der Waals surface area contributed by atoms with Crippen molar-refractivity contribution in [2.45, 2.75) is 6.42 Å². The van der Waals surface area contributed by atoms with Crippen molar-refractivity contribution in [2.75, 3.05) is 13.7 Å². The number of halogens is 1. The van der Waals surface area contributed by atoms with Crippen LogP contribution in [0.15, 0.2) is 18.3 Å². The number of nitrogens with one attached hydrogen (secondary N) is 1. The fourth-order valence-corrected chi connectivity index (χ4v) is 0.946. The second-order valence-corrected chi connectivity index (χ2v) is 2.98. The second kappa shape index (κ2) is 5.44. The van der Waals surface area contributed by atoms with E-state index in [4.69, 9.17) is 16.3 Å². The molecule has 1 amide bonds. The predicted octanol–water partition coefficient (Wildman–Crippen LogP) is 1.25. The van der Waals surface area contributed by atoms with Gasteiger partial charge in [0.25, 0.3) is 0 Å². The van der Waals surface area contributed by atoms with Gasteiger partial charge >= 0.3 is 0 Å². The highest BCUT2D eigenvalue weighted by Gasteiger charge is 1.99. The van der Waals surface area contributed by atoms with Gasteiger partial charge in [-0.25, -0.2) is 4.98 Å². The Labute approximate surface area is 87.2 Å². The lowest BCUT2D eigenvalue weighted by atomic mass is 10.4. The van der Waals surface area contributed by atoms with Gasteiger partial charge in [0.2, 0.25) is 5.91 Å². The average molecular weight is 215 g/mol. The molecule has 5 heteroatoms. The van der Waals surface area contributed by atoms with E-state index in [1.165, 1.54) is 6.20 Å². The number of nitrogens with zero attached hydrogens (tertiary/aromatic N) is 1. The smallest absolute Gasteiger partial charge is 0.223 e. The van der Waals surface area contributed by atoms with Crippen LogP contribution >= 0.6 is 11.6 Å². The number of ether oxygens (including phenoxy) is 1. The van der Waals surface area contributed by atoms with Crippen LogP contribution in [0.3, 0.4) is 0 Å². The van der Waals surface area contributed by atoms with E-state index in [0.717, 1.165) is 0 Å². The minimum Gasteiger partial charge on any atom is -0.491 e. The Morgan fingerprint density at radius 2 is 2.43 bits per heavy atom. The van der Waals surface area contributed by atoms with Crippen LogP contribution in [0.1, 0.15) is 6.42 Å². The Balaban J connectivity index is 2.31. The molecule has 0 aliphatic heterocycles. The first-order chi connectivity index (χ1) is 6.72. The van der Waals surface area contributed by atoms with Gasteiger partial charge in [-0.1, -0.05) is 11.6 Å². The molecule has 0 atom stereocenters. The van der Waals surface area contributed by atoms with Crippen LogP contribution in [0.25, 0.3) is 0 Å². The van der Waals surface area contributed by atoms with E-state index in [0.29, 0.717) is 23.9 Å². The molecule has 0 aliphatic carbocycles. The van der Waals surface area contributed by atoms with Crippen LogP contribution in [0.2, 0.25) is 5.15 Å². The maximum absolute atomic E-state index is 10.8. The Kier molecular flexibility index (Phi) is 4.19. The number of aromatic nitrogens is 1. The fourth-order valence-electron chi connectivity index (χ4n) is 0.834. The lowest BCUT2D eigenvalue weighted by Crippen LogP contribution is -2.20. The van der Waals surface area contributed by atoms with E-state index in [2.05, 4.69) is 10.3 Å². The number of carbonyl (C=O) groups excluding carboxylic acids is 1. The molecule has 0 saturated carbocycles. The first-order valence-electron chi connectivity index (χ1n) is 4.17. The minimum absolute atomic E-state index is 0.0491. The summed E-state index contributed by atoms with van der Waals surface area (Å²) >= 11 is 5.59. The summed E-state index contributed by atoms with van der Waals surface area (Å²) in [7, 11) is 1.59. The van der Waals surface area contributed by atoms with Crippen molar-refractivity contribution in [1.29, 1.82) is 0 Å². The van der Waals surface area contributed by atoms with Crippen molar-refractivity contribution in [3.63, 3.8) is 0 Å². The Morgan fingerprint density at radius 1 is 1.64 bits per heavy atom. The third kappa shape index (κ3) is 3.62. The summed E-state index contributed by atoms with van der Waals surface area (Å²) in [6, 6.07) is 3.34. The largest absolute Gasteiger partial charge is 0.491 e. The molecule has 0 aromatic carbocycles. The molecule has 0 saturated heterocycles. The van der Waals surface area contributed by atoms with Crippen molar-refractivity contribution in [3.05, 3.63) is 23.5 Å². The summed E-state index contributed by atoms with van der Waals surface area (Å²) in [4.78, 5) is 14.7. The van der Waals surface area contributed by atoms with Gasteiger partial charge in [0, 0.05) is 7.05 Å². The van der Waals surface area contributed by atoms with E-state index < -0.39 is 0 Å². The molecular formula is C9H11ClN2O2. The molecule has 1 N–H and O–H groups in total. The third-order valence-corrected chi connectivity index (χ3v) is 1.80. The van der Waals surface area contributed by atoms with Crippen molar-refractivity contribution in [2.24, 2.45) is 0 Å². The first kappa shape index (κ1) is 10.8. The molecular weight excluding hydrogens is 204 g/mol. The summed E-state index contributed by atoms with van der Waals surface area (Å²) in [5.41, 5.74) is 0. The molecule has 1 aromatic rings. The molecule has 1 aromatic heterocycles. The maximum Gasteiger partial charge on any atom is 0.223 e. The van der Waals surface area contributed by atoms with Crippen molar-refractivity contribution >= 4 is 17.5 Å². The topological polar surface area (TPSA) is 51.2 Å². The van der Waals surface area contributed by atoms with Crippen LogP contribution in [0.5, 0.6) is 5.75 Å². The van der Waals surface area contributed by atoms with Gasteiger partial charge < -0.3 is 10.1 Å². The van der Waals surface area contributed by atoms with Gasteiger partial charge in [-0.3, -0.25) is 4.79 Å². The third-order valence-electron chi connectivity index (χ3n) is 1.58. The Morgan fingerprint density at radius 3 is 3.00 bits per heavy atom. The summed E-state index contributed by atoms with van der Waals surface area (Å²) < 4.78 is 5.25.